The van der Waals surface area contributed by atoms with Crippen molar-refractivity contribution in [1.82, 2.24) is 9.80 Å². The summed E-state index contributed by atoms with van der Waals surface area (Å²) in [5.74, 6) is -5.52. The fraction of sp³-hybridized carbons (Fsp3) is 0.818. The topological polar surface area (TPSA) is 351 Å². The van der Waals surface area contributed by atoms with Crippen LogP contribution >= 0.6 is 0 Å². The maximum atomic E-state index is 10.5. The summed E-state index contributed by atoms with van der Waals surface area (Å²) in [7, 11) is 0. The van der Waals surface area contributed by atoms with Crippen molar-refractivity contribution in [2.24, 2.45) is 0 Å². The van der Waals surface area contributed by atoms with Gasteiger partial charge in [0.15, 0.2) is 12.6 Å². The van der Waals surface area contributed by atoms with Crippen LogP contribution in [0.15, 0.2) is 0 Å². The quantitative estimate of drug-likeness (QED) is 0.0718. The summed E-state index contributed by atoms with van der Waals surface area (Å²) >= 11 is 0. The molecule has 2 saturated heterocycles. The second kappa shape index (κ2) is 22.8. The van der Waals surface area contributed by atoms with Crippen LogP contribution in [0.4, 0.5) is 0 Å². The first-order valence-corrected chi connectivity index (χ1v) is 12.6. The summed E-state index contributed by atoms with van der Waals surface area (Å²) < 4.78 is 15.3. The fourth-order valence-electron chi connectivity index (χ4n) is 3.95. The number of carbonyl (C=O) groups excluding carboxylic acids is 2. The van der Waals surface area contributed by atoms with Crippen molar-refractivity contribution < 1.29 is 154 Å². The van der Waals surface area contributed by atoms with E-state index in [-0.39, 0.29) is 72.2 Å². The number of carboxylic acids is 4. The van der Waals surface area contributed by atoms with Crippen molar-refractivity contribution in [1.29, 1.82) is 0 Å². The average Bonchev–Trinajstić information content (AvgIpc) is 2.91. The molecule has 21 nitrogen and oxygen atoms in total. The van der Waals surface area contributed by atoms with Gasteiger partial charge in [0.2, 0.25) is 0 Å². The molecule has 45 heavy (non-hydrogen) atoms. The smallest absolute Gasteiger partial charge is 0.549 e. The minimum atomic E-state index is -1.72. The van der Waals surface area contributed by atoms with Crippen LogP contribution < -0.4 is 69.3 Å². The number of hydrogen-bond donors (Lipinski definition) is 10. The van der Waals surface area contributed by atoms with E-state index >= 15 is 0 Å². The Morgan fingerprint density at radius 1 is 0.578 bits per heavy atom. The van der Waals surface area contributed by atoms with Gasteiger partial charge in [0.25, 0.3) is 0 Å². The molecule has 23 heteroatoms. The Bertz CT molecular complexity index is 816. The minimum absolute atomic E-state index is 0. The van der Waals surface area contributed by atoms with Crippen LogP contribution in [-0.2, 0) is 33.4 Å². The summed E-state index contributed by atoms with van der Waals surface area (Å²) in [6.07, 6.45) is -15.6. The van der Waals surface area contributed by atoms with Crippen LogP contribution in [0, 0.1) is 0 Å². The van der Waals surface area contributed by atoms with Crippen LogP contribution in [0.2, 0.25) is 0 Å². The number of hydrogen-bond acceptors (Lipinski definition) is 19. The third-order valence-electron chi connectivity index (χ3n) is 6.12. The summed E-state index contributed by atoms with van der Waals surface area (Å²) in [5, 5.41) is 114. The van der Waals surface area contributed by atoms with E-state index in [0.29, 0.717) is 0 Å². The molecule has 0 aromatic rings. The van der Waals surface area contributed by atoms with E-state index in [4.69, 9.17) is 34.6 Å². The third-order valence-corrected chi connectivity index (χ3v) is 6.12. The molecule has 0 amide bonds. The first-order valence-electron chi connectivity index (χ1n) is 12.6. The molecule has 10 N–H and O–H groups in total. The van der Waals surface area contributed by atoms with Gasteiger partial charge in [0.1, 0.15) is 48.8 Å². The number of carbonyl (C=O) groups is 4. The zero-order valence-electron chi connectivity index (χ0n) is 24.5. The Labute approximate surface area is 299 Å². The number of ether oxygens (including phenoxy) is 3. The number of aliphatic hydroxyl groups excluding tert-OH is 8. The molecule has 0 aromatic carbocycles. The number of aliphatic carboxylic acids is 4. The molecule has 0 radical (unpaired) electrons. The fourth-order valence-corrected chi connectivity index (χ4v) is 3.95. The van der Waals surface area contributed by atoms with Gasteiger partial charge in [0.05, 0.1) is 38.2 Å². The molecule has 0 aromatic heterocycles. The Hall–Kier alpha value is -0.640. The molecule has 2 rings (SSSR count). The Balaban J connectivity index is 0. The standard InChI is InChI=1S/C12H22O11.C10H16N2O8.2Na/c13-1-3-5(15)7(17)9(19)11(21-3)23-12-10(20)8(18)6(16)4(2-14)22-12;13-7(14)3-11(4-8(15)16)1-2-12(5-9(17)18)6-10(19)20;;/h3-20H,1-2H2;1-6H2,(H,13,14)(H,15,16)(H,17,18)(H,19,20);;/q;;2*+1/p-2/t3-,4-,5-,6-,7+,8+,9-,10-,11-,12-;;;/m1.../s1. The van der Waals surface area contributed by atoms with Crippen molar-refractivity contribution in [3.8, 4) is 0 Å². The molecule has 0 bridgehead atoms. The maximum Gasteiger partial charge on any atom is 1.00 e. The van der Waals surface area contributed by atoms with Gasteiger partial charge >= 0.3 is 71.1 Å². The minimum Gasteiger partial charge on any atom is -0.549 e. The summed E-state index contributed by atoms with van der Waals surface area (Å²) in [4.78, 5) is 43.9. The molecule has 2 heterocycles. The molecule has 0 saturated carbocycles. The zero-order valence-corrected chi connectivity index (χ0v) is 28.5. The van der Waals surface area contributed by atoms with Crippen molar-refractivity contribution >= 4 is 23.9 Å². The molecule has 2 fully saturated rings. The molecule has 250 valence electrons. The van der Waals surface area contributed by atoms with Gasteiger partial charge in [-0.15, -0.1) is 0 Å². The van der Waals surface area contributed by atoms with E-state index in [9.17, 15) is 60.0 Å². The predicted octanol–water partition coefficient (Wildman–Crippen LogP) is -16.1. The van der Waals surface area contributed by atoms with E-state index in [0.717, 1.165) is 9.80 Å². The van der Waals surface area contributed by atoms with Crippen LogP contribution in [0.5, 0.6) is 0 Å². The van der Waals surface area contributed by atoms with E-state index in [1.54, 1.807) is 0 Å². The van der Waals surface area contributed by atoms with Gasteiger partial charge in [-0.25, -0.2) is 0 Å². The first kappa shape index (κ1) is 46.5. The van der Waals surface area contributed by atoms with E-state index in [1.807, 2.05) is 0 Å². The normalized spacial score (nSPS) is 31.2. The van der Waals surface area contributed by atoms with Crippen LogP contribution in [0.25, 0.3) is 0 Å². The van der Waals surface area contributed by atoms with Crippen molar-refractivity contribution in [3.63, 3.8) is 0 Å². The number of rotatable bonds is 15. The molecule has 0 spiro atoms. The molecule has 2 aliphatic rings. The Morgan fingerprint density at radius 2 is 0.889 bits per heavy atom. The predicted molar refractivity (Wildman–Crippen MR) is 127 cm³/mol. The van der Waals surface area contributed by atoms with Crippen LogP contribution in [0.1, 0.15) is 0 Å². The second-order valence-corrected chi connectivity index (χ2v) is 9.48. The van der Waals surface area contributed by atoms with Crippen molar-refractivity contribution in [3.05, 3.63) is 0 Å². The van der Waals surface area contributed by atoms with Gasteiger partial charge in [-0.1, -0.05) is 0 Å². The van der Waals surface area contributed by atoms with Crippen molar-refractivity contribution in [2.75, 3.05) is 52.5 Å². The molecular formula is C22H36N2Na2O19. The monoisotopic (exact) mass is 678 g/mol. The van der Waals surface area contributed by atoms with Crippen molar-refractivity contribution in [2.45, 2.75) is 61.4 Å². The van der Waals surface area contributed by atoms with Crippen LogP contribution in [-0.4, -0.2) is 199 Å². The number of carboxylic acid groups (broad SMARTS) is 4. The van der Waals surface area contributed by atoms with Crippen LogP contribution in [0.3, 0.4) is 0 Å². The van der Waals surface area contributed by atoms with Gasteiger partial charge in [-0.3, -0.25) is 19.4 Å². The molecule has 10 atom stereocenters. The van der Waals surface area contributed by atoms with Gasteiger partial charge in [-0.2, -0.15) is 0 Å². The van der Waals surface area contributed by atoms with Gasteiger partial charge in [-0.05, 0) is 0 Å². The summed E-state index contributed by atoms with van der Waals surface area (Å²) in [5.41, 5.74) is 0. The molecule has 2 aliphatic heterocycles. The van der Waals surface area contributed by atoms with E-state index < -0.39 is 125 Å². The maximum absolute atomic E-state index is 10.5. The number of aliphatic hydroxyl groups is 8. The average molecular weight is 679 g/mol. The molecule has 0 aliphatic carbocycles. The summed E-state index contributed by atoms with van der Waals surface area (Å²) in [6, 6.07) is 0. The zero-order chi connectivity index (χ0) is 33.0. The molecule has 0 unspecified atom stereocenters. The van der Waals surface area contributed by atoms with Gasteiger partial charge in [0, 0.05) is 26.2 Å². The van der Waals surface area contributed by atoms with E-state index in [2.05, 4.69) is 0 Å². The van der Waals surface area contributed by atoms with Gasteiger partial charge < -0.3 is 85.1 Å². The summed E-state index contributed by atoms with van der Waals surface area (Å²) in [6.45, 7) is -4.09. The van der Waals surface area contributed by atoms with E-state index in [1.165, 1.54) is 0 Å². The first-order chi connectivity index (χ1) is 20.0. The third kappa shape index (κ3) is 15.9. The second-order valence-electron chi connectivity index (χ2n) is 9.48. The SMILES string of the molecule is O=C([O-])CN(CCN(CC(=O)O)CC(=O)O)CC(=O)[O-].OC[C@H]1O[C@H](O[C@H]2O[C@H](CO)[C@@H](O)[C@H](O)[C@H]2O)[C@H](O)[C@@H](O)[C@@H]1O.[Na+].[Na+]. The Kier molecular flexibility index (Phi) is 23.6. The molecular weight excluding hydrogens is 642 g/mol. The number of nitrogens with zero attached hydrogens (tertiary/aromatic N) is 2. The Morgan fingerprint density at radius 3 is 1.16 bits per heavy atom. The largest absolute Gasteiger partial charge is 1.00 e.